The van der Waals surface area contributed by atoms with Crippen LogP contribution >= 0.6 is 9.24 Å². The summed E-state index contributed by atoms with van der Waals surface area (Å²) in [5.41, 5.74) is 1.75. The lowest BCUT2D eigenvalue weighted by molar-refractivity contribution is 0.112. The minimum atomic E-state index is 0.734. The summed E-state index contributed by atoms with van der Waals surface area (Å²) in [4.78, 5) is 13.7. The molecule has 1 aromatic carbocycles. The predicted molar refractivity (Wildman–Crippen MR) is 53.0 cm³/mol. The molecule has 2 rings (SSSR count). The highest BCUT2D eigenvalue weighted by molar-refractivity contribution is 7.28. The van der Waals surface area contributed by atoms with Gasteiger partial charge >= 0.3 is 0 Å². The number of H-pyrrole nitrogens is 1. The highest BCUT2D eigenvalue weighted by Gasteiger charge is 2.02. The van der Waals surface area contributed by atoms with E-state index in [-0.39, 0.29) is 0 Å². The number of aldehydes is 1. The van der Waals surface area contributed by atoms with Crippen molar-refractivity contribution in [3.8, 4) is 0 Å². The molecular formula is C9H8NOP. The Hall–Kier alpha value is -1.14. The molecule has 60 valence electrons. The zero-order valence-electron chi connectivity index (χ0n) is 6.37. The van der Waals surface area contributed by atoms with E-state index >= 15 is 0 Å². The zero-order valence-corrected chi connectivity index (χ0v) is 7.53. The Labute approximate surface area is 72.2 Å². The number of carbonyl (C=O) groups excluding carboxylic acids is 1. The molecule has 0 spiro atoms. The van der Waals surface area contributed by atoms with Gasteiger partial charge in [-0.3, -0.25) is 4.79 Å². The van der Waals surface area contributed by atoms with Crippen LogP contribution in [0.5, 0.6) is 0 Å². The van der Waals surface area contributed by atoms with E-state index in [0.29, 0.717) is 0 Å². The third kappa shape index (κ3) is 0.961. The number of fused-ring (bicyclic) bond motifs is 1. The number of aromatic nitrogens is 1. The third-order valence-electron chi connectivity index (χ3n) is 1.92. The number of hydrogen-bond acceptors (Lipinski definition) is 1. The number of rotatable bonds is 1. The Morgan fingerprint density at radius 3 is 2.92 bits per heavy atom. The SMILES string of the molecule is O=Cc1ccc(P)c2[nH]ccc12. The Morgan fingerprint density at radius 1 is 1.33 bits per heavy atom. The molecule has 1 N–H and O–H groups in total. The van der Waals surface area contributed by atoms with E-state index in [2.05, 4.69) is 14.2 Å². The quantitative estimate of drug-likeness (QED) is 0.519. The molecule has 1 heterocycles. The molecule has 1 unspecified atom stereocenters. The zero-order chi connectivity index (χ0) is 8.55. The number of hydrogen-bond donors (Lipinski definition) is 1. The van der Waals surface area contributed by atoms with Crippen LogP contribution in [-0.4, -0.2) is 11.3 Å². The van der Waals surface area contributed by atoms with Crippen molar-refractivity contribution < 1.29 is 4.79 Å². The van der Waals surface area contributed by atoms with Gasteiger partial charge in [-0.15, -0.1) is 9.24 Å². The fourth-order valence-corrected chi connectivity index (χ4v) is 1.64. The molecule has 0 saturated heterocycles. The monoisotopic (exact) mass is 177 g/mol. The first-order chi connectivity index (χ1) is 5.83. The lowest BCUT2D eigenvalue weighted by Crippen LogP contribution is -1.94. The molecule has 0 aliphatic heterocycles. The van der Waals surface area contributed by atoms with Crippen LogP contribution in [0.2, 0.25) is 0 Å². The maximum Gasteiger partial charge on any atom is 0.150 e. The summed E-state index contributed by atoms with van der Waals surface area (Å²) >= 11 is 0. The fourth-order valence-electron chi connectivity index (χ4n) is 1.30. The van der Waals surface area contributed by atoms with Crippen molar-refractivity contribution in [2.24, 2.45) is 0 Å². The molecule has 3 heteroatoms. The van der Waals surface area contributed by atoms with Crippen LogP contribution < -0.4 is 5.30 Å². The Bertz CT molecular complexity index is 433. The fraction of sp³-hybridized carbons (Fsp3) is 0. The molecule has 2 aromatic rings. The molecule has 12 heavy (non-hydrogen) atoms. The summed E-state index contributed by atoms with van der Waals surface area (Å²) in [6.07, 6.45) is 2.71. The first kappa shape index (κ1) is 7.51. The van der Waals surface area contributed by atoms with Gasteiger partial charge in [-0.25, -0.2) is 0 Å². The summed E-state index contributed by atoms with van der Waals surface area (Å²) in [6, 6.07) is 5.64. The Balaban J connectivity index is 2.91. The van der Waals surface area contributed by atoms with E-state index in [1.165, 1.54) is 0 Å². The third-order valence-corrected chi connectivity index (χ3v) is 2.40. The molecule has 0 saturated carbocycles. The van der Waals surface area contributed by atoms with Gasteiger partial charge in [0.05, 0.1) is 5.52 Å². The molecule has 1 aromatic heterocycles. The Kier molecular flexibility index (Phi) is 1.70. The van der Waals surface area contributed by atoms with Crippen molar-refractivity contribution in [2.75, 3.05) is 0 Å². The van der Waals surface area contributed by atoms with Crippen LogP contribution in [-0.2, 0) is 0 Å². The number of carbonyl (C=O) groups is 1. The van der Waals surface area contributed by atoms with E-state index < -0.39 is 0 Å². The predicted octanol–water partition coefficient (Wildman–Crippen LogP) is 1.48. The highest BCUT2D eigenvalue weighted by Crippen LogP contribution is 2.15. The Morgan fingerprint density at radius 2 is 2.17 bits per heavy atom. The molecule has 1 atom stereocenters. The van der Waals surface area contributed by atoms with Crippen LogP contribution in [0.3, 0.4) is 0 Å². The summed E-state index contributed by atoms with van der Waals surface area (Å²) in [7, 11) is 2.63. The molecule has 0 amide bonds. The molecule has 0 bridgehead atoms. The van der Waals surface area contributed by atoms with Gasteiger partial charge in [-0.05, 0) is 11.4 Å². The van der Waals surface area contributed by atoms with Gasteiger partial charge in [0.2, 0.25) is 0 Å². The minimum absolute atomic E-state index is 0.734. The summed E-state index contributed by atoms with van der Waals surface area (Å²) in [6.45, 7) is 0. The molecule has 0 radical (unpaired) electrons. The van der Waals surface area contributed by atoms with E-state index in [4.69, 9.17) is 0 Å². The van der Waals surface area contributed by atoms with Gasteiger partial charge in [0, 0.05) is 17.1 Å². The van der Waals surface area contributed by atoms with Gasteiger partial charge in [0.15, 0.2) is 6.29 Å². The van der Waals surface area contributed by atoms with Crippen LogP contribution in [0, 0.1) is 0 Å². The maximum atomic E-state index is 10.6. The van der Waals surface area contributed by atoms with Gasteiger partial charge < -0.3 is 4.98 Å². The van der Waals surface area contributed by atoms with Gasteiger partial charge in [-0.1, -0.05) is 12.1 Å². The molecule has 0 aliphatic rings. The van der Waals surface area contributed by atoms with Crippen LogP contribution in [0.4, 0.5) is 0 Å². The number of nitrogens with one attached hydrogen (secondary N) is 1. The molecule has 0 fully saturated rings. The largest absolute Gasteiger partial charge is 0.361 e. The van der Waals surface area contributed by atoms with E-state index in [0.717, 1.165) is 28.1 Å². The highest BCUT2D eigenvalue weighted by atomic mass is 31.0. The second-order valence-corrected chi connectivity index (χ2v) is 3.25. The van der Waals surface area contributed by atoms with Gasteiger partial charge in [0.25, 0.3) is 0 Å². The maximum absolute atomic E-state index is 10.6. The lowest BCUT2D eigenvalue weighted by Gasteiger charge is -1.97. The minimum Gasteiger partial charge on any atom is -0.361 e. The topological polar surface area (TPSA) is 32.9 Å². The summed E-state index contributed by atoms with van der Waals surface area (Å²) in [5.74, 6) is 0. The second-order valence-electron chi connectivity index (χ2n) is 2.63. The van der Waals surface area contributed by atoms with Crippen molar-refractivity contribution in [3.05, 3.63) is 30.0 Å². The number of aromatic amines is 1. The molecule has 2 nitrogen and oxygen atoms in total. The van der Waals surface area contributed by atoms with Crippen molar-refractivity contribution in [1.82, 2.24) is 4.98 Å². The van der Waals surface area contributed by atoms with Gasteiger partial charge in [-0.2, -0.15) is 0 Å². The smallest absolute Gasteiger partial charge is 0.150 e. The molecular weight excluding hydrogens is 169 g/mol. The normalized spacial score (nSPS) is 10.4. The van der Waals surface area contributed by atoms with Crippen LogP contribution in [0.15, 0.2) is 24.4 Å². The van der Waals surface area contributed by atoms with E-state index in [1.54, 1.807) is 0 Å². The summed E-state index contributed by atoms with van der Waals surface area (Å²) < 4.78 is 0. The number of benzene rings is 1. The first-order valence-electron chi connectivity index (χ1n) is 3.63. The van der Waals surface area contributed by atoms with Crippen molar-refractivity contribution in [1.29, 1.82) is 0 Å². The van der Waals surface area contributed by atoms with Crippen molar-refractivity contribution in [2.45, 2.75) is 0 Å². The average Bonchev–Trinajstić information content (AvgIpc) is 2.54. The second kappa shape index (κ2) is 2.72. The van der Waals surface area contributed by atoms with Crippen LogP contribution in [0.25, 0.3) is 10.9 Å². The van der Waals surface area contributed by atoms with E-state index in [1.807, 2.05) is 24.4 Å². The van der Waals surface area contributed by atoms with E-state index in [9.17, 15) is 4.79 Å². The molecule has 0 aliphatic carbocycles. The first-order valence-corrected chi connectivity index (χ1v) is 4.21. The standard InChI is InChI=1S/C9H8NOP/c11-5-6-1-2-8(12)9-7(6)3-4-10-9/h1-5,10H,12H2. The average molecular weight is 177 g/mol. The summed E-state index contributed by atoms with van der Waals surface area (Å²) in [5, 5.41) is 2.07. The lowest BCUT2D eigenvalue weighted by atomic mass is 10.1. The van der Waals surface area contributed by atoms with Crippen LogP contribution in [0.1, 0.15) is 10.4 Å². The van der Waals surface area contributed by atoms with Crippen molar-refractivity contribution >= 4 is 31.7 Å². The van der Waals surface area contributed by atoms with Crippen molar-refractivity contribution in [3.63, 3.8) is 0 Å². The van der Waals surface area contributed by atoms with Gasteiger partial charge in [0.1, 0.15) is 0 Å².